The van der Waals surface area contributed by atoms with Gasteiger partial charge >= 0.3 is 11.4 Å². The molecule has 0 aromatic heterocycles. The third-order valence-corrected chi connectivity index (χ3v) is 4.17. The summed E-state index contributed by atoms with van der Waals surface area (Å²) >= 11 is 1.03. The first-order valence-electron chi connectivity index (χ1n) is 9.66. The summed E-state index contributed by atoms with van der Waals surface area (Å²) in [6.07, 6.45) is 1.84. The molecule has 1 aromatic carbocycles. The van der Waals surface area contributed by atoms with Crippen molar-refractivity contribution in [2.24, 2.45) is 5.73 Å². The van der Waals surface area contributed by atoms with E-state index in [0.29, 0.717) is 46.9 Å². The highest BCUT2D eigenvalue weighted by Crippen LogP contribution is 2.38. The monoisotopic (exact) mass is 440 g/mol. The van der Waals surface area contributed by atoms with Crippen LogP contribution >= 0.6 is 11.8 Å². The highest BCUT2D eigenvalue weighted by atomic mass is 32.2. The Morgan fingerprint density at radius 3 is 2.00 bits per heavy atom. The number of nitrogens with zero attached hydrogens (tertiary/aromatic N) is 2. The van der Waals surface area contributed by atoms with Crippen LogP contribution in [0.25, 0.3) is 4.91 Å². The standard InChI is InChI=1S/C16H20N4O5S.2C2H6/c1-10(26-12(3)18-11(2)21)14-9-16(20(24)25)15(19(22)23)8-13(14)6-4-5-7-17;2*1-2/h8-9H,1,3-7,17H2,2H3,(H,18,21);2*1-2H3. The van der Waals surface area contributed by atoms with E-state index in [4.69, 9.17) is 5.73 Å². The highest BCUT2D eigenvalue weighted by molar-refractivity contribution is 8.11. The van der Waals surface area contributed by atoms with Gasteiger partial charge in [-0.3, -0.25) is 25.0 Å². The van der Waals surface area contributed by atoms with Crippen molar-refractivity contribution in [1.82, 2.24) is 5.32 Å². The lowest BCUT2D eigenvalue weighted by Crippen LogP contribution is -2.16. The second kappa shape index (κ2) is 16.1. The van der Waals surface area contributed by atoms with E-state index in [0.717, 1.165) is 17.8 Å². The molecule has 0 aliphatic heterocycles. The topological polar surface area (TPSA) is 141 Å². The maximum Gasteiger partial charge on any atom is 0.346 e. The van der Waals surface area contributed by atoms with Gasteiger partial charge in [0.2, 0.25) is 5.91 Å². The minimum absolute atomic E-state index is 0.302. The van der Waals surface area contributed by atoms with E-state index in [9.17, 15) is 25.0 Å². The Morgan fingerprint density at radius 1 is 1.07 bits per heavy atom. The normalized spacial score (nSPS) is 9.27. The first-order chi connectivity index (χ1) is 14.2. The molecule has 10 heteroatoms. The zero-order chi connectivity index (χ0) is 23.9. The van der Waals surface area contributed by atoms with Gasteiger partial charge in [0.05, 0.1) is 14.9 Å². The second-order valence-electron chi connectivity index (χ2n) is 5.39. The number of thioether (sulfide) groups is 1. The fourth-order valence-corrected chi connectivity index (χ4v) is 3.06. The molecule has 0 unspecified atom stereocenters. The van der Waals surface area contributed by atoms with Gasteiger partial charge in [0.1, 0.15) is 0 Å². The fraction of sp³-hybridized carbons (Fsp3) is 0.450. The van der Waals surface area contributed by atoms with Crippen molar-refractivity contribution < 1.29 is 14.6 Å². The first-order valence-corrected chi connectivity index (χ1v) is 10.5. The number of hydrogen-bond acceptors (Lipinski definition) is 7. The Bertz CT molecular complexity index is 766. The van der Waals surface area contributed by atoms with Crippen LogP contribution in [0.4, 0.5) is 11.4 Å². The Morgan fingerprint density at radius 2 is 1.57 bits per heavy atom. The minimum Gasteiger partial charge on any atom is -0.330 e. The number of nitrogens with one attached hydrogen (secondary N) is 1. The molecule has 0 saturated heterocycles. The molecule has 0 aliphatic rings. The predicted molar refractivity (Wildman–Crippen MR) is 124 cm³/mol. The van der Waals surface area contributed by atoms with Gasteiger partial charge in [-0.1, -0.05) is 52.6 Å². The van der Waals surface area contributed by atoms with Crippen molar-refractivity contribution in [1.29, 1.82) is 0 Å². The van der Waals surface area contributed by atoms with Gasteiger partial charge in [0, 0.05) is 24.0 Å². The number of nitro benzene ring substituents is 2. The van der Waals surface area contributed by atoms with Gasteiger partial charge in [-0.25, -0.2) is 0 Å². The van der Waals surface area contributed by atoms with Crippen molar-refractivity contribution in [2.45, 2.75) is 53.9 Å². The number of hydrogen-bond donors (Lipinski definition) is 2. The van der Waals surface area contributed by atoms with Gasteiger partial charge in [-0.05, 0) is 36.9 Å². The Balaban J connectivity index is 0. The molecule has 0 heterocycles. The molecule has 0 radical (unpaired) electrons. The van der Waals surface area contributed by atoms with Crippen LogP contribution in [0.1, 0.15) is 58.6 Å². The lowest BCUT2D eigenvalue weighted by Gasteiger charge is -2.13. The highest BCUT2D eigenvalue weighted by Gasteiger charge is 2.27. The van der Waals surface area contributed by atoms with E-state index >= 15 is 0 Å². The van der Waals surface area contributed by atoms with Crippen LogP contribution in [0.2, 0.25) is 0 Å². The molecule has 9 nitrogen and oxygen atoms in total. The smallest absolute Gasteiger partial charge is 0.330 e. The van der Waals surface area contributed by atoms with Crippen LogP contribution in [-0.2, 0) is 11.2 Å². The second-order valence-corrected chi connectivity index (χ2v) is 6.58. The van der Waals surface area contributed by atoms with E-state index in [2.05, 4.69) is 18.5 Å². The average molecular weight is 441 g/mol. The molecule has 0 spiro atoms. The first kappa shape index (κ1) is 29.5. The fourth-order valence-electron chi connectivity index (χ4n) is 2.26. The molecule has 0 fully saturated rings. The summed E-state index contributed by atoms with van der Waals surface area (Å²) in [5, 5.41) is 25.2. The Labute approximate surface area is 182 Å². The molecular formula is C20H32N4O5S. The van der Waals surface area contributed by atoms with E-state index < -0.39 is 21.2 Å². The predicted octanol–water partition coefficient (Wildman–Crippen LogP) is 5.15. The number of aryl methyl sites for hydroxylation is 1. The van der Waals surface area contributed by atoms with Crippen LogP contribution in [-0.4, -0.2) is 22.3 Å². The maximum absolute atomic E-state index is 11.2. The van der Waals surface area contributed by atoms with Gasteiger partial charge in [0.15, 0.2) is 0 Å². The summed E-state index contributed by atoms with van der Waals surface area (Å²) in [4.78, 5) is 32.3. The number of rotatable bonds is 10. The van der Waals surface area contributed by atoms with Crippen LogP contribution in [0.3, 0.4) is 0 Å². The van der Waals surface area contributed by atoms with E-state index in [1.807, 2.05) is 27.7 Å². The molecule has 0 saturated carbocycles. The number of carbonyl (C=O) groups is 1. The molecule has 30 heavy (non-hydrogen) atoms. The zero-order valence-electron chi connectivity index (χ0n) is 18.3. The molecule has 0 aliphatic carbocycles. The molecule has 1 rings (SSSR count). The van der Waals surface area contributed by atoms with Crippen LogP contribution in [0, 0.1) is 20.2 Å². The molecular weight excluding hydrogens is 408 g/mol. The van der Waals surface area contributed by atoms with Crippen molar-refractivity contribution >= 4 is 33.9 Å². The molecule has 0 atom stereocenters. The summed E-state index contributed by atoms with van der Waals surface area (Å²) in [6, 6.07) is 2.35. The average Bonchev–Trinajstić information content (AvgIpc) is 2.69. The largest absolute Gasteiger partial charge is 0.346 e. The molecule has 168 valence electrons. The van der Waals surface area contributed by atoms with E-state index in [1.54, 1.807) is 0 Å². The SMILES string of the molecule is C=C(NC(C)=O)SC(=C)c1cc([N+](=O)[O-])c([N+](=O)[O-])cc1CCCCN.CC.CC. The van der Waals surface area contributed by atoms with Crippen molar-refractivity contribution in [2.75, 3.05) is 6.54 Å². The Kier molecular flexibility index (Phi) is 15.8. The van der Waals surface area contributed by atoms with Gasteiger partial charge < -0.3 is 11.1 Å². The number of benzene rings is 1. The minimum atomic E-state index is -0.800. The maximum atomic E-state index is 11.2. The lowest BCUT2D eigenvalue weighted by atomic mass is 9.99. The van der Waals surface area contributed by atoms with Gasteiger partial charge in [0.25, 0.3) is 0 Å². The van der Waals surface area contributed by atoms with Crippen molar-refractivity contribution in [3.05, 3.63) is 61.7 Å². The summed E-state index contributed by atoms with van der Waals surface area (Å²) in [7, 11) is 0. The quantitative estimate of drug-likeness (QED) is 0.291. The van der Waals surface area contributed by atoms with E-state index in [1.165, 1.54) is 13.0 Å². The molecule has 1 amide bonds. The number of unbranched alkanes of at least 4 members (excludes halogenated alkanes) is 1. The number of nitrogens with two attached hydrogens (primary N) is 1. The molecule has 0 bridgehead atoms. The number of amides is 1. The lowest BCUT2D eigenvalue weighted by molar-refractivity contribution is -0.422. The summed E-state index contributed by atoms with van der Waals surface area (Å²) < 4.78 is 0. The van der Waals surface area contributed by atoms with Crippen molar-refractivity contribution in [3.8, 4) is 0 Å². The van der Waals surface area contributed by atoms with Gasteiger partial charge in [-0.2, -0.15) is 0 Å². The number of nitro groups is 2. The molecule has 1 aromatic rings. The van der Waals surface area contributed by atoms with Crippen molar-refractivity contribution in [3.63, 3.8) is 0 Å². The van der Waals surface area contributed by atoms with Crippen LogP contribution in [0.15, 0.2) is 30.3 Å². The molecule has 3 N–H and O–H groups in total. The third-order valence-electron chi connectivity index (χ3n) is 3.36. The Hall–Kier alpha value is -2.72. The third kappa shape index (κ3) is 10.2. The van der Waals surface area contributed by atoms with Crippen LogP contribution in [0.5, 0.6) is 0 Å². The summed E-state index contributed by atoms with van der Waals surface area (Å²) in [6.45, 7) is 17.3. The van der Waals surface area contributed by atoms with Gasteiger partial charge in [-0.15, -0.1) is 0 Å². The van der Waals surface area contributed by atoms with E-state index in [-0.39, 0.29) is 5.91 Å². The summed E-state index contributed by atoms with van der Waals surface area (Å²) in [5.74, 6) is -0.312. The number of carbonyl (C=O) groups excluding carboxylic acids is 1. The zero-order valence-corrected chi connectivity index (χ0v) is 19.1. The van der Waals surface area contributed by atoms with Crippen LogP contribution < -0.4 is 11.1 Å². The summed E-state index contributed by atoms with van der Waals surface area (Å²) in [5.41, 5.74) is 5.26.